The Balaban J connectivity index is 0.00000364. The van der Waals surface area contributed by atoms with Crippen LogP contribution in [0, 0.1) is 17.8 Å². The summed E-state index contributed by atoms with van der Waals surface area (Å²) >= 11 is 0. The van der Waals surface area contributed by atoms with Crippen LogP contribution in [0.1, 0.15) is 39.2 Å². The van der Waals surface area contributed by atoms with Gasteiger partial charge in [0.15, 0.2) is 0 Å². The van der Waals surface area contributed by atoms with Crippen molar-refractivity contribution in [3.8, 4) is 0 Å². The monoisotopic (exact) mass is 397 g/mol. The van der Waals surface area contributed by atoms with Gasteiger partial charge in [-0.05, 0) is 50.6 Å². The molecule has 1 aromatic carbocycles. The first kappa shape index (κ1) is 23.4. The molecule has 0 bridgehead atoms. The van der Waals surface area contributed by atoms with E-state index in [1.165, 1.54) is 0 Å². The number of aryl methyl sites for hydroxylation is 1. The van der Waals surface area contributed by atoms with Gasteiger partial charge < -0.3 is 20.7 Å². The van der Waals surface area contributed by atoms with E-state index in [0.29, 0.717) is 18.0 Å². The summed E-state index contributed by atoms with van der Waals surface area (Å²) in [5.41, 5.74) is 1.35. The minimum Gasteiger partial charge on any atom is -0.384 e. The minimum atomic E-state index is -0.514. The molecule has 1 saturated heterocycles. The van der Waals surface area contributed by atoms with E-state index in [1.54, 1.807) is 7.11 Å². The molecular weight excluding hydrogens is 366 g/mol. The number of nitrogens with one attached hydrogen (secondary N) is 3. The summed E-state index contributed by atoms with van der Waals surface area (Å²) < 4.78 is 5.33. The van der Waals surface area contributed by atoms with Crippen LogP contribution in [0.2, 0.25) is 0 Å². The molecule has 1 fully saturated rings. The molecule has 1 aliphatic rings. The average molecular weight is 398 g/mol. The highest BCUT2D eigenvalue weighted by Crippen LogP contribution is 2.32. The molecule has 0 aromatic heterocycles. The summed E-state index contributed by atoms with van der Waals surface area (Å²) in [4.78, 5) is 25.2. The lowest BCUT2D eigenvalue weighted by atomic mass is 9.78. The predicted octanol–water partition coefficient (Wildman–Crippen LogP) is 3.36. The molecule has 152 valence electrons. The normalized spacial score (nSPS) is 16.2. The van der Waals surface area contributed by atoms with Gasteiger partial charge in [0.1, 0.15) is 0 Å². The van der Waals surface area contributed by atoms with Gasteiger partial charge in [-0.2, -0.15) is 0 Å². The van der Waals surface area contributed by atoms with E-state index in [2.05, 4.69) is 16.0 Å². The zero-order valence-corrected chi connectivity index (χ0v) is 17.7. The van der Waals surface area contributed by atoms with Crippen LogP contribution < -0.4 is 16.0 Å². The minimum absolute atomic E-state index is 0. The van der Waals surface area contributed by atoms with E-state index in [4.69, 9.17) is 4.74 Å². The van der Waals surface area contributed by atoms with Crippen molar-refractivity contribution < 1.29 is 14.3 Å². The number of ether oxygens (including phenoxy) is 1. The fraction of sp³-hybridized carbons (Fsp3) is 0.600. The molecule has 1 heterocycles. The van der Waals surface area contributed by atoms with Gasteiger partial charge in [-0.1, -0.05) is 26.8 Å². The first-order valence-electron chi connectivity index (χ1n) is 9.11. The highest BCUT2D eigenvalue weighted by Gasteiger charge is 2.39. The molecule has 0 saturated carbocycles. The van der Waals surface area contributed by atoms with Crippen LogP contribution in [0.25, 0.3) is 0 Å². The molecule has 6 nitrogen and oxygen atoms in total. The van der Waals surface area contributed by atoms with E-state index in [-0.39, 0.29) is 24.2 Å². The third kappa shape index (κ3) is 5.92. The van der Waals surface area contributed by atoms with Crippen LogP contribution >= 0.6 is 12.4 Å². The smallest absolute Gasteiger partial charge is 0.233 e. The molecule has 27 heavy (non-hydrogen) atoms. The van der Waals surface area contributed by atoms with Crippen LogP contribution in [-0.4, -0.2) is 38.6 Å². The van der Waals surface area contributed by atoms with Gasteiger partial charge in [-0.25, -0.2) is 0 Å². The maximum absolute atomic E-state index is 13.0. The number of anilines is 2. The number of hydrogen-bond donors (Lipinski definition) is 3. The van der Waals surface area contributed by atoms with Crippen molar-refractivity contribution in [2.75, 3.05) is 37.4 Å². The summed E-state index contributed by atoms with van der Waals surface area (Å²) in [6.45, 7) is 9.55. The molecule has 0 unspecified atom stereocenters. The van der Waals surface area contributed by atoms with Crippen LogP contribution in [0.5, 0.6) is 0 Å². The van der Waals surface area contributed by atoms with Gasteiger partial charge in [0.05, 0.1) is 12.0 Å². The molecule has 0 radical (unpaired) electrons. The summed E-state index contributed by atoms with van der Waals surface area (Å²) in [6.07, 6.45) is 1.48. The van der Waals surface area contributed by atoms with Gasteiger partial charge in [-0.15, -0.1) is 12.4 Å². The molecule has 0 atom stereocenters. The third-order valence-electron chi connectivity index (χ3n) is 4.89. The van der Waals surface area contributed by atoms with Crippen molar-refractivity contribution in [1.29, 1.82) is 0 Å². The Bertz CT molecular complexity index is 659. The molecule has 2 amide bonds. The molecular formula is C20H32ClN3O3. The van der Waals surface area contributed by atoms with E-state index >= 15 is 0 Å². The lowest BCUT2D eigenvalue weighted by molar-refractivity contribution is -0.130. The van der Waals surface area contributed by atoms with Crippen LogP contribution in [0.3, 0.4) is 0 Å². The zero-order chi connectivity index (χ0) is 19.4. The van der Waals surface area contributed by atoms with Gasteiger partial charge in [0.25, 0.3) is 0 Å². The van der Waals surface area contributed by atoms with Gasteiger partial charge >= 0.3 is 0 Å². The summed E-state index contributed by atoms with van der Waals surface area (Å²) in [6, 6.07) is 5.58. The standard InChI is InChI=1S/C20H31N3O3.ClH/c1-14-6-7-15(12-16(14)23-17(24)19(2,3)4)22-18(25)20(13-26-5)8-10-21-11-9-20;/h6-7,12,21H,8-11,13H2,1-5H3,(H,22,25)(H,23,24);1H. The van der Waals surface area contributed by atoms with Crippen molar-refractivity contribution in [3.05, 3.63) is 23.8 Å². The molecule has 0 aliphatic carbocycles. The van der Waals surface area contributed by atoms with Crippen LogP contribution in [-0.2, 0) is 14.3 Å². The average Bonchev–Trinajstić information content (AvgIpc) is 2.58. The van der Waals surface area contributed by atoms with Crippen LogP contribution in [0.15, 0.2) is 18.2 Å². The fourth-order valence-electron chi connectivity index (χ4n) is 3.03. The Kier molecular flexibility index (Phi) is 8.26. The summed E-state index contributed by atoms with van der Waals surface area (Å²) in [7, 11) is 1.63. The number of halogens is 1. The Labute approximate surface area is 168 Å². The molecule has 7 heteroatoms. The van der Waals surface area contributed by atoms with Gasteiger partial charge in [0, 0.05) is 23.9 Å². The lowest BCUT2D eigenvalue weighted by Gasteiger charge is -2.35. The van der Waals surface area contributed by atoms with E-state index < -0.39 is 10.8 Å². The predicted molar refractivity (Wildman–Crippen MR) is 112 cm³/mol. The van der Waals surface area contributed by atoms with E-state index in [9.17, 15) is 9.59 Å². The largest absolute Gasteiger partial charge is 0.384 e. The number of amides is 2. The van der Waals surface area contributed by atoms with Gasteiger partial charge in [0.2, 0.25) is 11.8 Å². The number of carbonyl (C=O) groups is 2. The summed E-state index contributed by atoms with van der Waals surface area (Å²) in [5, 5.41) is 9.26. The summed E-state index contributed by atoms with van der Waals surface area (Å²) in [5.74, 6) is -0.0870. The number of methoxy groups -OCH3 is 1. The molecule has 0 spiro atoms. The highest BCUT2D eigenvalue weighted by atomic mass is 35.5. The lowest BCUT2D eigenvalue weighted by Crippen LogP contribution is -2.47. The second-order valence-corrected chi connectivity index (χ2v) is 8.15. The zero-order valence-electron chi connectivity index (χ0n) is 16.9. The third-order valence-corrected chi connectivity index (χ3v) is 4.89. The molecule has 3 N–H and O–H groups in total. The number of benzene rings is 1. The van der Waals surface area contributed by atoms with Crippen molar-refractivity contribution in [2.45, 2.75) is 40.5 Å². The molecule has 2 rings (SSSR count). The molecule has 1 aromatic rings. The fourth-order valence-corrected chi connectivity index (χ4v) is 3.03. The highest BCUT2D eigenvalue weighted by molar-refractivity contribution is 5.98. The Morgan fingerprint density at radius 2 is 1.81 bits per heavy atom. The first-order chi connectivity index (χ1) is 12.2. The first-order valence-corrected chi connectivity index (χ1v) is 9.11. The number of rotatable bonds is 5. The van der Waals surface area contributed by atoms with Gasteiger partial charge in [-0.3, -0.25) is 9.59 Å². The second kappa shape index (κ2) is 9.53. The number of piperidine rings is 1. The topological polar surface area (TPSA) is 79.5 Å². The SMILES string of the molecule is COCC1(C(=O)Nc2ccc(C)c(NC(=O)C(C)(C)C)c2)CCNCC1.Cl. The number of hydrogen-bond acceptors (Lipinski definition) is 4. The van der Waals surface area contributed by atoms with Crippen molar-refractivity contribution in [2.24, 2.45) is 10.8 Å². The van der Waals surface area contributed by atoms with Crippen LogP contribution in [0.4, 0.5) is 11.4 Å². The maximum Gasteiger partial charge on any atom is 0.233 e. The van der Waals surface area contributed by atoms with E-state index in [1.807, 2.05) is 45.9 Å². The quantitative estimate of drug-likeness (QED) is 0.711. The Morgan fingerprint density at radius 3 is 2.37 bits per heavy atom. The van der Waals surface area contributed by atoms with E-state index in [0.717, 1.165) is 31.5 Å². The van der Waals surface area contributed by atoms with Crippen molar-refractivity contribution in [1.82, 2.24) is 5.32 Å². The number of carbonyl (C=O) groups excluding carboxylic acids is 2. The maximum atomic E-state index is 13.0. The Hall–Kier alpha value is -1.63. The van der Waals surface area contributed by atoms with Crippen molar-refractivity contribution >= 4 is 35.6 Å². The second-order valence-electron chi connectivity index (χ2n) is 8.15. The Morgan fingerprint density at radius 1 is 1.19 bits per heavy atom. The van der Waals surface area contributed by atoms with Crippen molar-refractivity contribution in [3.63, 3.8) is 0 Å². The molecule has 1 aliphatic heterocycles.